The van der Waals surface area contributed by atoms with Crippen molar-refractivity contribution < 1.29 is 14.6 Å². The van der Waals surface area contributed by atoms with Crippen molar-refractivity contribution >= 4 is 39.0 Å². The van der Waals surface area contributed by atoms with Crippen LogP contribution in [-0.4, -0.2) is 51.3 Å². The third-order valence-electron chi connectivity index (χ3n) is 9.29. The normalized spacial score (nSPS) is 17.4. The summed E-state index contributed by atoms with van der Waals surface area (Å²) in [6, 6.07) is 6.73. The van der Waals surface area contributed by atoms with Gasteiger partial charge in [0.05, 0.1) is 21.5 Å². The lowest BCUT2D eigenvalue weighted by Gasteiger charge is -2.41. The zero-order valence-electron chi connectivity index (χ0n) is 27.8. The average Bonchev–Trinajstić information content (AvgIpc) is 3.35. The summed E-state index contributed by atoms with van der Waals surface area (Å²) >= 11 is 1.71. The first-order valence-electron chi connectivity index (χ1n) is 15.9. The van der Waals surface area contributed by atoms with Crippen LogP contribution in [0.4, 0.5) is 11.5 Å². The van der Waals surface area contributed by atoms with Crippen molar-refractivity contribution in [3.05, 3.63) is 63.5 Å². The first-order chi connectivity index (χ1) is 21.2. The molecule has 3 aromatic heterocycles. The molecule has 0 radical (unpaired) electrons. The Morgan fingerprint density at radius 1 is 1.02 bits per heavy atom. The lowest BCUT2D eigenvalue weighted by molar-refractivity contribution is -0.160. The number of aromatic nitrogens is 3. The van der Waals surface area contributed by atoms with E-state index >= 15 is 0 Å². The maximum Gasteiger partial charge on any atom is 0.337 e. The summed E-state index contributed by atoms with van der Waals surface area (Å²) in [5, 5.41) is 12.7. The Balaban J connectivity index is 1.44. The highest BCUT2D eigenvalue weighted by atomic mass is 32.1. The van der Waals surface area contributed by atoms with Gasteiger partial charge in [0.15, 0.2) is 6.10 Å². The number of ether oxygens (including phenoxy) is 1. The van der Waals surface area contributed by atoms with Crippen LogP contribution in [-0.2, 0) is 22.5 Å². The predicted molar refractivity (Wildman–Crippen MR) is 182 cm³/mol. The van der Waals surface area contributed by atoms with Gasteiger partial charge in [-0.2, -0.15) is 0 Å². The lowest BCUT2D eigenvalue weighted by atomic mass is 9.81. The van der Waals surface area contributed by atoms with E-state index in [4.69, 9.17) is 14.7 Å². The van der Waals surface area contributed by atoms with E-state index in [1.807, 2.05) is 27.7 Å². The van der Waals surface area contributed by atoms with Gasteiger partial charge < -0.3 is 19.6 Å². The topological polar surface area (TPSA) is 91.7 Å². The quantitative estimate of drug-likeness (QED) is 0.232. The molecule has 2 aliphatic rings. The molecule has 1 unspecified atom stereocenters. The molecule has 1 saturated heterocycles. The standard InChI is InChI=1S/C36H45N5O3S/c1-21-19-45-32-29(21)37-20-38-33(32)41-14-11-24-17-25(9-10-26(24)18-41)27-22(2)39-23(3)28(31(34(42)43)44-35(4,5)6)30(27)40-15-12-36(7,8)13-16-40/h9-10,17,19-20,31H,11-16,18H2,1-8H3,(H,42,43). The van der Waals surface area contributed by atoms with Gasteiger partial charge in [0, 0.05) is 48.7 Å². The Kier molecular flexibility index (Phi) is 8.14. The maximum atomic E-state index is 12.8. The minimum atomic E-state index is -1.13. The fraction of sp³-hybridized carbons (Fsp3) is 0.500. The highest BCUT2D eigenvalue weighted by Crippen LogP contribution is 2.45. The molecule has 238 valence electrons. The predicted octanol–water partition coefficient (Wildman–Crippen LogP) is 7.81. The Bertz CT molecular complexity index is 1760. The second-order valence-electron chi connectivity index (χ2n) is 14.5. The molecule has 5 heterocycles. The summed E-state index contributed by atoms with van der Waals surface area (Å²) in [7, 11) is 0. The third-order valence-corrected chi connectivity index (χ3v) is 10.4. The summed E-state index contributed by atoms with van der Waals surface area (Å²) in [5.41, 5.74) is 9.75. The van der Waals surface area contributed by atoms with Crippen LogP contribution in [0.5, 0.6) is 0 Å². The van der Waals surface area contributed by atoms with Crippen molar-refractivity contribution in [3.8, 4) is 11.1 Å². The van der Waals surface area contributed by atoms with Crippen LogP contribution in [0, 0.1) is 26.2 Å². The van der Waals surface area contributed by atoms with Gasteiger partial charge in [0.2, 0.25) is 0 Å². The number of piperidine rings is 1. The van der Waals surface area contributed by atoms with Gasteiger partial charge in [-0.25, -0.2) is 14.8 Å². The zero-order chi connectivity index (χ0) is 32.3. The van der Waals surface area contributed by atoms with Crippen LogP contribution >= 0.6 is 11.3 Å². The molecule has 0 aliphatic carbocycles. The van der Waals surface area contributed by atoms with Crippen molar-refractivity contribution in [2.45, 2.75) is 92.9 Å². The number of anilines is 2. The highest BCUT2D eigenvalue weighted by Gasteiger charge is 2.36. The summed E-state index contributed by atoms with van der Waals surface area (Å²) in [4.78, 5) is 31.8. The van der Waals surface area contributed by atoms with Crippen LogP contribution in [0.1, 0.15) is 87.2 Å². The minimum Gasteiger partial charge on any atom is -0.479 e. The van der Waals surface area contributed by atoms with Crippen LogP contribution in [0.25, 0.3) is 21.3 Å². The van der Waals surface area contributed by atoms with E-state index in [2.05, 4.69) is 66.1 Å². The van der Waals surface area contributed by atoms with Crippen LogP contribution in [0.2, 0.25) is 0 Å². The molecule has 0 bridgehead atoms. The van der Waals surface area contributed by atoms with Crippen molar-refractivity contribution in [1.29, 1.82) is 0 Å². The number of rotatable bonds is 6. The molecule has 0 spiro atoms. The number of hydrogen-bond donors (Lipinski definition) is 1. The Morgan fingerprint density at radius 3 is 2.44 bits per heavy atom. The molecular weight excluding hydrogens is 582 g/mol. The van der Waals surface area contributed by atoms with Gasteiger partial charge in [-0.1, -0.05) is 32.0 Å². The Morgan fingerprint density at radius 2 is 1.76 bits per heavy atom. The average molecular weight is 628 g/mol. The van der Waals surface area contributed by atoms with Crippen molar-refractivity contribution in [3.63, 3.8) is 0 Å². The molecule has 2 aliphatic heterocycles. The highest BCUT2D eigenvalue weighted by molar-refractivity contribution is 7.18. The molecule has 6 rings (SSSR count). The number of hydrogen-bond acceptors (Lipinski definition) is 8. The van der Waals surface area contributed by atoms with Gasteiger partial charge in [-0.05, 0) is 93.9 Å². The number of carbonyl (C=O) groups is 1. The number of thiophene rings is 1. The number of pyridine rings is 1. The summed E-state index contributed by atoms with van der Waals surface area (Å²) in [6.45, 7) is 19.8. The molecule has 0 amide bonds. The largest absolute Gasteiger partial charge is 0.479 e. The molecule has 1 aromatic carbocycles. The molecule has 4 aromatic rings. The first kappa shape index (κ1) is 31.4. The SMILES string of the molecule is Cc1nc(C)c(C(OC(C)(C)C)C(=O)O)c(N2CCC(C)(C)CC2)c1-c1ccc2c(c1)CCN(c1ncnc3c(C)csc13)C2. The fourth-order valence-electron chi connectivity index (χ4n) is 6.83. The second kappa shape index (κ2) is 11.7. The summed E-state index contributed by atoms with van der Waals surface area (Å²) in [5.74, 6) is 0.0124. The monoisotopic (exact) mass is 627 g/mol. The number of fused-ring (bicyclic) bond motifs is 2. The second-order valence-corrected chi connectivity index (χ2v) is 15.3. The van der Waals surface area contributed by atoms with Gasteiger partial charge in [-0.3, -0.25) is 4.98 Å². The van der Waals surface area contributed by atoms with Gasteiger partial charge in [0.25, 0.3) is 0 Å². The summed E-state index contributed by atoms with van der Waals surface area (Å²) in [6.07, 6.45) is 3.51. The van der Waals surface area contributed by atoms with Crippen LogP contribution < -0.4 is 9.80 Å². The van der Waals surface area contributed by atoms with Crippen molar-refractivity contribution in [1.82, 2.24) is 15.0 Å². The number of carboxylic acid groups (broad SMARTS) is 1. The number of nitrogens with zero attached hydrogens (tertiary/aromatic N) is 5. The van der Waals surface area contributed by atoms with E-state index in [-0.39, 0.29) is 5.41 Å². The van der Waals surface area contributed by atoms with E-state index in [1.165, 1.54) is 16.7 Å². The molecule has 8 nitrogen and oxygen atoms in total. The number of aryl methyl sites for hydroxylation is 3. The minimum absolute atomic E-state index is 0.247. The maximum absolute atomic E-state index is 12.8. The molecule has 1 fully saturated rings. The van der Waals surface area contributed by atoms with E-state index in [0.29, 0.717) is 11.3 Å². The van der Waals surface area contributed by atoms with Crippen molar-refractivity contribution in [2.75, 3.05) is 29.4 Å². The van der Waals surface area contributed by atoms with Gasteiger partial charge in [-0.15, -0.1) is 11.3 Å². The molecule has 1 N–H and O–H groups in total. The van der Waals surface area contributed by atoms with Crippen LogP contribution in [0.3, 0.4) is 0 Å². The van der Waals surface area contributed by atoms with Gasteiger partial charge in [0.1, 0.15) is 12.1 Å². The van der Waals surface area contributed by atoms with E-state index in [1.54, 1.807) is 17.7 Å². The van der Waals surface area contributed by atoms with Gasteiger partial charge >= 0.3 is 5.97 Å². The molecule has 0 saturated carbocycles. The number of aliphatic carboxylic acids is 1. The van der Waals surface area contributed by atoms with Crippen LogP contribution in [0.15, 0.2) is 29.9 Å². The number of carboxylic acids is 1. The third kappa shape index (κ3) is 6.17. The molecule has 1 atom stereocenters. The number of benzene rings is 1. The Hall–Kier alpha value is -3.56. The van der Waals surface area contributed by atoms with E-state index in [9.17, 15) is 9.90 Å². The smallest absolute Gasteiger partial charge is 0.337 e. The molecular formula is C36H45N5O3S. The van der Waals surface area contributed by atoms with E-state index < -0.39 is 17.7 Å². The summed E-state index contributed by atoms with van der Waals surface area (Å²) < 4.78 is 7.41. The van der Waals surface area contributed by atoms with Crippen molar-refractivity contribution in [2.24, 2.45) is 5.41 Å². The lowest BCUT2D eigenvalue weighted by Crippen LogP contribution is -2.39. The zero-order valence-corrected chi connectivity index (χ0v) is 28.6. The molecule has 45 heavy (non-hydrogen) atoms. The molecule has 9 heteroatoms. The fourth-order valence-corrected chi connectivity index (χ4v) is 7.85. The Labute approximate surface area is 270 Å². The first-order valence-corrected chi connectivity index (χ1v) is 16.8. The van der Waals surface area contributed by atoms with E-state index in [0.717, 1.165) is 84.0 Å².